The molecule has 0 N–H and O–H groups in total. The molecule has 0 aliphatic rings. The molecule has 2 rings (SSSR count). The lowest BCUT2D eigenvalue weighted by molar-refractivity contribution is 0.0170. The topological polar surface area (TPSA) is 24.9 Å². The van der Waals surface area contributed by atoms with Gasteiger partial charge in [0.1, 0.15) is 0 Å². The molecule has 0 saturated heterocycles. The zero-order valence-electron chi connectivity index (χ0n) is 29.3. The molecular weight excluding hydrogens is 540 g/mol. The molecule has 0 fully saturated rings. The number of hydrogen-bond acceptors (Lipinski definition) is 4. The van der Waals surface area contributed by atoms with Crippen LogP contribution in [0.3, 0.4) is 0 Å². The van der Waals surface area contributed by atoms with Crippen LogP contribution in [0.5, 0.6) is 0 Å². The number of hydrogen-bond donors (Lipinski definition) is 0. The molecule has 4 heteroatoms. The molecule has 0 bridgehead atoms. The second kappa shape index (κ2) is 26.5. The van der Waals surface area contributed by atoms with E-state index in [4.69, 9.17) is 9.47 Å². The van der Waals surface area contributed by atoms with Crippen molar-refractivity contribution in [3.8, 4) is 11.1 Å². The van der Waals surface area contributed by atoms with E-state index in [1.165, 1.54) is 125 Å². The summed E-state index contributed by atoms with van der Waals surface area (Å²) in [5, 5.41) is 0. The highest BCUT2D eigenvalue weighted by Crippen LogP contribution is 2.23. The fourth-order valence-corrected chi connectivity index (χ4v) is 5.74. The molecule has 0 saturated carbocycles. The van der Waals surface area contributed by atoms with E-state index in [9.17, 15) is 0 Å². The highest BCUT2D eigenvalue weighted by Gasteiger charge is 2.08. The molecule has 0 spiro atoms. The van der Waals surface area contributed by atoms with Crippen molar-refractivity contribution in [2.75, 3.05) is 39.6 Å². The summed E-state index contributed by atoms with van der Waals surface area (Å²) in [4.78, 5) is 5.02. The van der Waals surface area contributed by atoms with Crippen LogP contribution in [0.2, 0.25) is 0 Å². The number of benzene rings is 2. The Morgan fingerprint density at radius 3 is 1.20 bits per heavy atom. The number of unbranched alkanes of at least 4 members (excludes halogenated alkanes) is 12. The van der Waals surface area contributed by atoms with E-state index in [0.29, 0.717) is 13.2 Å². The Hall–Kier alpha value is -1.72. The van der Waals surface area contributed by atoms with E-state index in [-0.39, 0.29) is 0 Å². The fraction of sp³-hybridized carbons (Fsp3) is 0.700. The van der Waals surface area contributed by atoms with Crippen molar-refractivity contribution in [3.05, 3.63) is 59.7 Å². The Labute approximate surface area is 272 Å². The molecule has 0 heterocycles. The fourth-order valence-electron chi connectivity index (χ4n) is 5.74. The normalized spacial score (nSPS) is 11.7. The third kappa shape index (κ3) is 18.3. The summed E-state index contributed by atoms with van der Waals surface area (Å²) in [6.07, 6.45) is 21.1. The maximum absolute atomic E-state index is 6.25. The van der Waals surface area contributed by atoms with Crippen LogP contribution in [-0.2, 0) is 22.7 Å². The number of rotatable bonds is 29. The Morgan fingerprint density at radius 2 is 0.795 bits per heavy atom. The second-order valence-electron chi connectivity index (χ2n) is 12.8. The van der Waals surface area contributed by atoms with E-state index in [1.54, 1.807) is 0 Å². The summed E-state index contributed by atoms with van der Waals surface area (Å²) < 4.78 is 12.5. The van der Waals surface area contributed by atoms with Crippen molar-refractivity contribution in [2.24, 2.45) is 0 Å². The van der Waals surface area contributed by atoms with Crippen LogP contribution in [0.25, 0.3) is 11.1 Å². The molecule has 2 aromatic carbocycles. The van der Waals surface area contributed by atoms with Crippen molar-refractivity contribution in [1.29, 1.82) is 0 Å². The minimum atomic E-state index is 0.655. The summed E-state index contributed by atoms with van der Waals surface area (Å²) in [6.45, 7) is 16.4. The standard InChI is InChI=1S/C40H68N2O2/c1-5-9-13-15-17-19-29-41(27-11-7-3)35-43-33-37-23-21-25-39(31-37)40-26-22-24-38(32-40)34-44-36-42(28-12-8-4)30-20-18-16-14-10-6-2/h21-26,31-32H,5-20,27-30,33-36H2,1-4H3. The van der Waals surface area contributed by atoms with Gasteiger partial charge < -0.3 is 9.47 Å². The van der Waals surface area contributed by atoms with Crippen molar-refractivity contribution in [2.45, 2.75) is 144 Å². The van der Waals surface area contributed by atoms with Gasteiger partial charge >= 0.3 is 0 Å². The monoisotopic (exact) mass is 609 g/mol. The van der Waals surface area contributed by atoms with E-state index < -0.39 is 0 Å². The Morgan fingerprint density at radius 1 is 0.432 bits per heavy atom. The molecule has 0 atom stereocenters. The molecule has 0 aromatic heterocycles. The van der Waals surface area contributed by atoms with Gasteiger partial charge in [0.05, 0.1) is 26.7 Å². The van der Waals surface area contributed by atoms with Gasteiger partial charge in [-0.3, -0.25) is 9.80 Å². The second-order valence-corrected chi connectivity index (χ2v) is 12.8. The first-order chi connectivity index (χ1) is 21.7. The van der Waals surface area contributed by atoms with Crippen LogP contribution >= 0.6 is 0 Å². The van der Waals surface area contributed by atoms with E-state index in [1.807, 2.05) is 0 Å². The van der Waals surface area contributed by atoms with Gasteiger partial charge in [-0.1, -0.05) is 141 Å². The van der Waals surface area contributed by atoms with Crippen molar-refractivity contribution in [1.82, 2.24) is 9.80 Å². The van der Waals surface area contributed by atoms with E-state index >= 15 is 0 Å². The Balaban J connectivity index is 1.82. The maximum atomic E-state index is 6.25. The predicted octanol–water partition coefficient (Wildman–Crippen LogP) is 11.2. The summed E-state index contributed by atoms with van der Waals surface area (Å²) in [5.41, 5.74) is 4.96. The molecule has 250 valence electrons. The van der Waals surface area contributed by atoms with Crippen LogP contribution in [0.4, 0.5) is 0 Å². The lowest BCUT2D eigenvalue weighted by Gasteiger charge is -2.22. The molecular formula is C40H68N2O2. The van der Waals surface area contributed by atoms with Crippen molar-refractivity contribution < 1.29 is 9.47 Å². The smallest absolute Gasteiger partial charge is 0.0994 e. The maximum Gasteiger partial charge on any atom is 0.0994 e. The van der Waals surface area contributed by atoms with Crippen molar-refractivity contribution in [3.63, 3.8) is 0 Å². The minimum Gasteiger partial charge on any atom is -0.361 e. The summed E-state index contributed by atoms with van der Waals surface area (Å²) >= 11 is 0. The SMILES string of the molecule is CCCCCCCCN(CCCC)COCc1cccc(-c2cccc(COCN(CCCC)CCCCCCCC)c2)c1. The van der Waals surface area contributed by atoms with Gasteiger partial charge in [-0.05, 0) is 60.1 Å². The largest absolute Gasteiger partial charge is 0.361 e. The summed E-state index contributed by atoms with van der Waals surface area (Å²) in [5.74, 6) is 0. The molecule has 0 aliphatic heterocycles. The lowest BCUT2D eigenvalue weighted by atomic mass is 10.0. The molecule has 0 amide bonds. The van der Waals surface area contributed by atoms with E-state index in [0.717, 1.165) is 39.6 Å². The first-order valence-electron chi connectivity index (χ1n) is 18.5. The molecule has 2 aromatic rings. The van der Waals surface area contributed by atoms with Gasteiger partial charge in [-0.15, -0.1) is 0 Å². The highest BCUT2D eigenvalue weighted by atomic mass is 16.5. The van der Waals surface area contributed by atoms with Crippen LogP contribution in [0, 0.1) is 0 Å². The van der Waals surface area contributed by atoms with Crippen molar-refractivity contribution >= 4 is 0 Å². The Bertz CT molecular complexity index is 858. The summed E-state index contributed by atoms with van der Waals surface area (Å²) in [7, 11) is 0. The molecule has 44 heavy (non-hydrogen) atoms. The van der Waals surface area contributed by atoms with Gasteiger partial charge in [0.15, 0.2) is 0 Å². The Kier molecular flexibility index (Phi) is 23.2. The minimum absolute atomic E-state index is 0.655. The third-order valence-electron chi connectivity index (χ3n) is 8.58. The molecule has 0 unspecified atom stereocenters. The van der Waals surface area contributed by atoms with Gasteiger partial charge in [-0.25, -0.2) is 0 Å². The van der Waals surface area contributed by atoms with Crippen LogP contribution in [0.15, 0.2) is 48.5 Å². The molecule has 0 radical (unpaired) electrons. The zero-order chi connectivity index (χ0) is 31.5. The molecule has 0 aliphatic carbocycles. The first kappa shape index (κ1) is 38.5. The number of ether oxygens (including phenoxy) is 2. The lowest BCUT2D eigenvalue weighted by Crippen LogP contribution is -2.28. The first-order valence-corrected chi connectivity index (χ1v) is 18.5. The molecule has 4 nitrogen and oxygen atoms in total. The average Bonchev–Trinajstić information content (AvgIpc) is 3.05. The number of nitrogens with zero attached hydrogens (tertiary/aromatic N) is 2. The third-order valence-corrected chi connectivity index (χ3v) is 8.58. The van der Waals surface area contributed by atoms with Gasteiger partial charge in [-0.2, -0.15) is 0 Å². The zero-order valence-corrected chi connectivity index (χ0v) is 29.3. The van der Waals surface area contributed by atoms with E-state index in [2.05, 4.69) is 86.0 Å². The highest BCUT2D eigenvalue weighted by molar-refractivity contribution is 5.64. The van der Waals surface area contributed by atoms with Crippen LogP contribution in [-0.4, -0.2) is 49.4 Å². The average molecular weight is 609 g/mol. The predicted molar refractivity (Wildman–Crippen MR) is 191 cm³/mol. The quantitative estimate of drug-likeness (QED) is 0.0677. The van der Waals surface area contributed by atoms with Crippen LogP contribution < -0.4 is 0 Å². The van der Waals surface area contributed by atoms with Gasteiger partial charge in [0.25, 0.3) is 0 Å². The van der Waals surface area contributed by atoms with Gasteiger partial charge in [0.2, 0.25) is 0 Å². The van der Waals surface area contributed by atoms with Gasteiger partial charge in [0, 0.05) is 26.2 Å². The van der Waals surface area contributed by atoms with Crippen LogP contribution in [0.1, 0.15) is 142 Å². The summed E-state index contributed by atoms with van der Waals surface area (Å²) in [6, 6.07) is 17.7.